The number of rotatable bonds is 4. The maximum atomic E-state index is 6.44. The Labute approximate surface area is 197 Å². The first kappa shape index (κ1) is 20.7. The third-order valence-corrected chi connectivity index (χ3v) is 6.31. The highest BCUT2D eigenvalue weighted by molar-refractivity contribution is 7.80. The molecule has 4 aromatic rings. The molecule has 1 aliphatic rings. The van der Waals surface area contributed by atoms with Gasteiger partial charge in [0.15, 0.2) is 5.11 Å². The SMILES string of the molecule is Cc1cccc(N2C(=S)NC(c3ccccn3)C2c2ccc(-c3cc(Cl)ccc3C)o2)c1. The van der Waals surface area contributed by atoms with Crippen molar-refractivity contribution in [3.8, 4) is 11.3 Å². The highest BCUT2D eigenvalue weighted by Gasteiger charge is 2.42. The number of benzene rings is 2. The van der Waals surface area contributed by atoms with Crippen LogP contribution in [0, 0.1) is 13.8 Å². The fourth-order valence-corrected chi connectivity index (χ4v) is 4.73. The zero-order valence-electron chi connectivity index (χ0n) is 17.7. The second-order valence-electron chi connectivity index (χ2n) is 8.00. The van der Waals surface area contributed by atoms with Crippen LogP contribution in [0.5, 0.6) is 0 Å². The van der Waals surface area contributed by atoms with Crippen molar-refractivity contribution in [2.45, 2.75) is 25.9 Å². The first-order valence-electron chi connectivity index (χ1n) is 10.4. The molecule has 0 amide bonds. The van der Waals surface area contributed by atoms with Crippen molar-refractivity contribution in [3.05, 3.63) is 107 Å². The van der Waals surface area contributed by atoms with Crippen LogP contribution in [0.25, 0.3) is 11.3 Å². The maximum Gasteiger partial charge on any atom is 0.174 e. The molecule has 5 rings (SSSR count). The molecular formula is C26H22ClN3OS. The van der Waals surface area contributed by atoms with Crippen molar-refractivity contribution >= 4 is 34.6 Å². The zero-order valence-corrected chi connectivity index (χ0v) is 19.3. The molecule has 6 heteroatoms. The molecule has 2 aromatic carbocycles. The summed E-state index contributed by atoms with van der Waals surface area (Å²) in [7, 11) is 0. The molecule has 0 spiro atoms. The Balaban J connectivity index is 1.62. The van der Waals surface area contributed by atoms with Gasteiger partial charge in [-0.1, -0.05) is 35.9 Å². The molecule has 1 saturated heterocycles. The highest BCUT2D eigenvalue weighted by atomic mass is 35.5. The van der Waals surface area contributed by atoms with Gasteiger partial charge in [-0.2, -0.15) is 0 Å². The topological polar surface area (TPSA) is 41.3 Å². The lowest BCUT2D eigenvalue weighted by Crippen LogP contribution is -2.29. The van der Waals surface area contributed by atoms with Gasteiger partial charge in [0.2, 0.25) is 0 Å². The van der Waals surface area contributed by atoms with Gasteiger partial charge in [-0.15, -0.1) is 0 Å². The zero-order chi connectivity index (χ0) is 22.2. The molecule has 0 aliphatic carbocycles. The summed E-state index contributed by atoms with van der Waals surface area (Å²) < 4.78 is 6.44. The summed E-state index contributed by atoms with van der Waals surface area (Å²) in [5.41, 5.74) is 5.18. The predicted octanol–water partition coefficient (Wildman–Crippen LogP) is 6.79. The van der Waals surface area contributed by atoms with Gasteiger partial charge in [0.25, 0.3) is 0 Å². The first-order chi connectivity index (χ1) is 15.5. The van der Waals surface area contributed by atoms with Crippen LogP contribution in [0.3, 0.4) is 0 Å². The minimum absolute atomic E-state index is 0.149. The molecule has 0 saturated carbocycles. The number of pyridine rings is 1. The first-order valence-corrected chi connectivity index (χ1v) is 11.2. The molecule has 0 bridgehead atoms. The molecule has 3 heterocycles. The Hall–Kier alpha value is -3.15. The highest BCUT2D eigenvalue weighted by Crippen LogP contribution is 2.43. The number of hydrogen-bond acceptors (Lipinski definition) is 3. The van der Waals surface area contributed by atoms with E-state index in [0.717, 1.165) is 34.0 Å². The van der Waals surface area contributed by atoms with Crippen LogP contribution in [-0.4, -0.2) is 10.1 Å². The van der Waals surface area contributed by atoms with Gasteiger partial charge in [0, 0.05) is 22.5 Å². The van der Waals surface area contributed by atoms with E-state index in [1.165, 1.54) is 5.56 Å². The molecule has 1 fully saturated rings. The smallest absolute Gasteiger partial charge is 0.174 e. The van der Waals surface area contributed by atoms with E-state index >= 15 is 0 Å². The van der Waals surface area contributed by atoms with Crippen LogP contribution in [-0.2, 0) is 0 Å². The lowest BCUT2D eigenvalue weighted by atomic mass is 10.0. The summed E-state index contributed by atoms with van der Waals surface area (Å²) in [5, 5.41) is 4.80. The van der Waals surface area contributed by atoms with E-state index in [0.29, 0.717) is 10.1 Å². The van der Waals surface area contributed by atoms with E-state index in [2.05, 4.69) is 47.2 Å². The van der Waals surface area contributed by atoms with Gasteiger partial charge in [0.05, 0.1) is 11.7 Å². The molecule has 160 valence electrons. The van der Waals surface area contributed by atoms with Crippen molar-refractivity contribution in [1.29, 1.82) is 0 Å². The Morgan fingerprint density at radius 2 is 1.88 bits per heavy atom. The molecule has 2 aromatic heterocycles. The van der Waals surface area contributed by atoms with E-state index in [-0.39, 0.29) is 12.1 Å². The number of thiocarbonyl (C=S) groups is 1. The number of nitrogens with one attached hydrogen (secondary N) is 1. The monoisotopic (exact) mass is 459 g/mol. The third kappa shape index (κ3) is 3.78. The van der Waals surface area contributed by atoms with Crippen molar-refractivity contribution in [2.75, 3.05) is 4.90 Å². The molecule has 1 aliphatic heterocycles. The van der Waals surface area contributed by atoms with Crippen molar-refractivity contribution < 1.29 is 4.42 Å². The minimum atomic E-state index is -0.188. The van der Waals surface area contributed by atoms with Gasteiger partial charge >= 0.3 is 0 Å². The fraction of sp³-hybridized carbons (Fsp3) is 0.154. The second kappa shape index (κ2) is 8.41. The maximum absolute atomic E-state index is 6.44. The van der Waals surface area contributed by atoms with Gasteiger partial charge < -0.3 is 14.6 Å². The van der Waals surface area contributed by atoms with E-state index < -0.39 is 0 Å². The molecule has 4 nitrogen and oxygen atoms in total. The van der Waals surface area contributed by atoms with Crippen LogP contribution in [0.2, 0.25) is 5.02 Å². The van der Waals surface area contributed by atoms with Gasteiger partial charge in [-0.3, -0.25) is 4.98 Å². The molecule has 32 heavy (non-hydrogen) atoms. The Morgan fingerprint density at radius 1 is 1.00 bits per heavy atom. The Bertz CT molecular complexity index is 1290. The van der Waals surface area contributed by atoms with Gasteiger partial charge in [-0.25, -0.2) is 0 Å². The number of aromatic nitrogens is 1. The van der Waals surface area contributed by atoms with E-state index in [4.69, 9.17) is 28.2 Å². The average molecular weight is 460 g/mol. The Morgan fingerprint density at radius 3 is 2.66 bits per heavy atom. The van der Waals surface area contributed by atoms with Crippen LogP contribution in [0.15, 0.2) is 83.4 Å². The summed E-state index contributed by atoms with van der Waals surface area (Å²) in [4.78, 5) is 6.72. The van der Waals surface area contributed by atoms with Crippen LogP contribution >= 0.6 is 23.8 Å². The van der Waals surface area contributed by atoms with E-state index in [1.54, 1.807) is 6.20 Å². The summed E-state index contributed by atoms with van der Waals surface area (Å²) in [5.74, 6) is 1.59. The Kier molecular flexibility index (Phi) is 5.45. The van der Waals surface area contributed by atoms with Gasteiger partial charge in [0.1, 0.15) is 17.6 Å². The second-order valence-corrected chi connectivity index (χ2v) is 8.82. The lowest BCUT2D eigenvalue weighted by Gasteiger charge is -2.26. The molecule has 1 N–H and O–H groups in total. The van der Waals surface area contributed by atoms with Crippen LogP contribution in [0.1, 0.15) is 34.7 Å². The lowest BCUT2D eigenvalue weighted by molar-refractivity contribution is 0.439. The molecule has 2 unspecified atom stereocenters. The number of anilines is 1. The molecular weight excluding hydrogens is 438 g/mol. The predicted molar refractivity (Wildman–Crippen MR) is 133 cm³/mol. The van der Waals surface area contributed by atoms with Crippen molar-refractivity contribution in [1.82, 2.24) is 10.3 Å². The summed E-state index contributed by atoms with van der Waals surface area (Å²) in [6.45, 7) is 4.13. The van der Waals surface area contributed by atoms with Gasteiger partial charge in [-0.05, 0) is 85.7 Å². The summed E-state index contributed by atoms with van der Waals surface area (Å²) in [6, 6.07) is 23.7. The van der Waals surface area contributed by atoms with E-state index in [1.807, 2.05) is 54.6 Å². The number of nitrogens with zero attached hydrogens (tertiary/aromatic N) is 2. The average Bonchev–Trinajstić information content (AvgIpc) is 3.40. The number of furan rings is 1. The van der Waals surface area contributed by atoms with E-state index in [9.17, 15) is 0 Å². The van der Waals surface area contributed by atoms with Crippen LogP contribution in [0.4, 0.5) is 5.69 Å². The van der Waals surface area contributed by atoms with Crippen molar-refractivity contribution in [2.24, 2.45) is 0 Å². The fourth-order valence-electron chi connectivity index (χ4n) is 4.22. The van der Waals surface area contributed by atoms with Crippen LogP contribution < -0.4 is 10.2 Å². The van der Waals surface area contributed by atoms with Crippen molar-refractivity contribution in [3.63, 3.8) is 0 Å². The third-order valence-electron chi connectivity index (χ3n) is 5.76. The molecule has 2 atom stereocenters. The quantitative estimate of drug-likeness (QED) is 0.340. The normalized spacial score (nSPS) is 18.1. The molecule has 0 radical (unpaired) electrons. The standard InChI is InChI=1S/C26H22ClN3OS/c1-16-6-5-7-19(14-16)30-25(24(29-26(30)32)21-8-3-4-13-28-21)23-12-11-22(31-23)20-15-18(27)10-9-17(20)2/h3-15,24-25H,1-2H3,(H,29,32). The summed E-state index contributed by atoms with van der Waals surface area (Å²) in [6.07, 6.45) is 1.80. The minimum Gasteiger partial charge on any atom is -0.459 e. The number of halogens is 1. The largest absolute Gasteiger partial charge is 0.459 e. The summed E-state index contributed by atoms with van der Waals surface area (Å²) >= 11 is 12.0. The number of aryl methyl sites for hydroxylation is 2. The number of hydrogen-bond donors (Lipinski definition) is 1.